The number of rotatable bonds is 6. The fraction of sp³-hybridized carbons (Fsp3) is 0.667. The Morgan fingerprint density at radius 2 is 2.17 bits per heavy atom. The van der Waals surface area contributed by atoms with Gasteiger partial charge in [-0.2, -0.15) is 0 Å². The topological polar surface area (TPSA) is 28.2 Å². The van der Waals surface area contributed by atoms with Crippen LogP contribution in [-0.4, -0.2) is 24.6 Å². The van der Waals surface area contributed by atoms with E-state index >= 15 is 0 Å². The molecule has 100 valence electrons. The quantitative estimate of drug-likeness (QED) is 0.837. The van der Waals surface area contributed by atoms with Gasteiger partial charge in [-0.25, -0.2) is 4.98 Å². The summed E-state index contributed by atoms with van der Waals surface area (Å²) in [6.07, 6.45) is 1.37. The van der Waals surface area contributed by atoms with Gasteiger partial charge in [0.1, 0.15) is 5.82 Å². The molecule has 3 heteroatoms. The predicted octanol–water partition coefficient (Wildman–Crippen LogP) is 2.67. The van der Waals surface area contributed by atoms with Crippen molar-refractivity contribution in [2.75, 3.05) is 18.5 Å². The van der Waals surface area contributed by atoms with Gasteiger partial charge in [-0.15, -0.1) is 0 Å². The van der Waals surface area contributed by atoms with Gasteiger partial charge in [-0.1, -0.05) is 26.8 Å². The van der Waals surface area contributed by atoms with E-state index in [2.05, 4.69) is 56.2 Å². The van der Waals surface area contributed by atoms with Crippen molar-refractivity contribution in [3.63, 3.8) is 0 Å². The van der Waals surface area contributed by atoms with Gasteiger partial charge >= 0.3 is 0 Å². The first-order valence-electron chi connectivity index (χ1n) is 6.96. The Morgan fingerprint density at radius 3 is 2.78 bits per heavy atom. The highest BCUT2D eigenvalue weighted by Gasteiger charge is 2.33. The van der Waals surface area contributed by atoms with E-state index in [9.17, 15) is 0 Å². The van der Waals surface area contributed by atoms with E-state index in [1.807, 2.05) is 0 Å². The minimum absolute atomic E-state index is 0.500. The minimum Gasteiger partial charge on any atom is -0.359 e. The van der Waals surface area contributed by atoms with E-state index in [1.165, 1.54) is 6.42 Å². The first kappa shape index (κ1) is 13.3. The molecule has 1 fully saturated rings. The van der Waals surface area contributed by atoms with Crippen LogP contribution >= 0.6 is 0 Å². The summed E-state index contributed by atoms with van der Waals surface area (Å²) in [6, 6.07) is 6.80. The largest absolute Gasteiger partial charge is 0.359 e. The molecule has 2 atom stereocenters. The van der Waals surface area contributed by atoms with Crippen LogP contribution in [0.1, 0.15) is 32.9 Å². The molecule has 1 aromatic heterocycles. The molecule has 2 rings (SSSR count). The fourth-order valence-electron chi connectivity index (χ4n) is 2.19. The van der Waals surface area contributed by atoms with Crippen molar-refractivity contribution in [1.29, 1.82) is 0 Å². The highest BCUT2D eigenvalue weighted by atomic mass is 15.2. The second-order valence-corrected chi connectivity index (χ2v) is 5.88. The van der Waals surface area contributed by atoms with Gasteiger partial charge in [0, 0.05) is 26.2 Å². The minimum atomic E-state index is 0.500. The van der Waals surface area contributed by atoms with Gasteiger partial charge in [0.05, 0.1) is 5.69 Å². The van der Waals surface area contributed by atoms with Crippen molar-refractivity contribution in [3.05, 3.63) is 23.9 Å². The third-order valence-electron chi connectivity index (χ3n) is 3.66. The Hall–Kier alpha value is -1.09. The van der Waals surface area contributed by atoms with Crippen molar-refractivity contribution in [1.82, 2.24) is 10.3 Å². The summed E-state index contributed by atoms with van der Waals surface area (Å²) in [7, 11) is 2.15. The molecule has 0 spiro atoms. The molecular formula is C15H25N3. The molecule has 2 unspecified atom stereocenters. The highest BCUT2D eigenvalue weighted by molar-refractivity contribution is 5.38. The van der Waals surface area contributed by atoms with Gasteiger partial charge < -0.3 is 10.2 Å². The van der Waals surface area contributed by atoms with Crippen LogP contribution in [0.3, 0.4) is 0 Å². The van der Waals surface area contributed by atoms with Gasteiger partial charge in [0.25, 0.3) is 0 Å². The summed E-state index contributed by atoms with van der Waals surface area (Å²) in [5.41, 5.74) is 1.12. The summed E-state index contributed by atoms with van der Waals surface area (Å²) in [5.74, 6) is 2.87. The maximum atomic E-state index is 4.71. The van der Waals surface area contributed by atoms with E-state index in [1.54, 1.807) is 0 Å². The Balaban J connectivity index is 1.93. The number of nitrogens with one attached hydrogen (secondary N) is 1. The van der Waals surface area contributed by atoms with Crippen molar-refractivity contribution >= 4 is 5.82 Å². The summed E-state index contributed by atoms with van der Waals surface area (Å²) in [6.45, 7) is 8.62. The number of anilines is 1. The number of hydrogen-bond donors (Lipinski definition) is 1. The van der Waals surface area contributed by atoms with Crippen LogP contribution in [0.2, 0.25) is 0 Å². The molecule has 18 heavy (non-hydrogen) atoms. The van der Waals surface area contributed by atoms with Crippen molar-refractivity contribution in [2.45, 2.75) is 39.8 Å². The molecule has 0 saturated heterocycles. The van der Waals surface area contributed by atoms with Gasteiger partial charge in [-0.3, -0.25) is 0 Å². The number of hydrogen-bond acceptors (Lipinski definition) is 3. The fourth-order valence-corrected chi connectivity index (χ4v) is 2.19. The first-order valence-corrected chi connectivity index (χ1v) is 6.96. The van der Waals surface area contributed by atoms with Crippen LogP contribution in [0.5, 0.6) is 0 Å². The van der Waals surface area contributed by atoms with E-state index in [-0.39, 0.29) is 0 Å². The number of nitrogens with zero attached hydrogens (tertiary/aromatic N) is 2. The zero-order chi connectivity index (χ0) is 13.1. The summed E-state index contributed by atoms with van der Waals surface area (Å²) in [4.78, 5) is 7.00. The lowest BCUT2D eigenvalue weighted by molar-refractivity contribution is 0.581. The van der Waals surface area contributed by atoms with Crippen LogP contribution in [0.4, 0.5) is 5.82 Å². The first-order chi connectivity index (χ1) is 8.56. The summed E-state index contributed by atoms with van der Waals surface area (Å²) < 4.78 is 0. The van der Waals surface area contributed by atoms with Crippen LogP contribution in [0.15, 0.2) is 18.2 Å². The summed E-state index contributed by atoms with van der Waals surface area (Å²) >= 11 is 0. The average Bonchev–Trinajstić information content (AvgIpc) is 3.02. The zero-order valence-corrected chi connectivity index (χ0v) is 12.0. The van der Waals surface area contributed by atoms with Gasteiger partial charge in [0.15, 0.2) is 0 Å². The molecule has 0 bridgehead atoms. The van der Waals surface area contributed by atoms with Crippen molar-refractivity contribution in [2.24, 2.45) is 11.8 Å². The van der Waals surface area contributed by atoms with E-state index in [0.717, 1.165) is 36.4 Å². The van der Waals surface area contributed by atoms with Crippen LogP contribution in [0.25, 0.3) is 0 Å². The van der Waals surface area contributed by atoms with E-state index in [0.29, 0.717) is 6.04 Å². The molecule has 0 amide bonds. The second-order valence-electron chi connectivity index (χ2n) is 5.88. The molecule has 1 heterocycles. The molecule has 1 aliphatic carbocycles. The smallest absolute Gasteiger partial charge is 0.128 e. The molecule has 0 radical (unpaired) electrons. The third kappa shape index (κ3) is 3.70. The predicted molar refractivity (Wildman–Crippen MR) is 76.8 cm³/mol. The maximum Gasteiger partial charge on any atom is 0.128 e. The van der Waals surface area contributed by atoms with Gasteiger partial charge in [-0.05, 0) is 30.4 Å². The Kier molecular flexibility index (Phi) is 4.23. The highest BCUT2D eigenvalue weighted by Crippen LogP contribution is 2.38. The number of aromatic nitrogens is 1. The monoisotopic (exact) mass is 247 g/mol. The Bertz CT molecular complexity index is 389. The molecule has 0 aliphatic heterocycles. The average molecular weight is 247 g/mol. The molecule has 3 nitrogen and oxygen atoms in total. The van der Waals surface area contributed by atoms with Crippen molar-refractivity contribution < 1.29 is 0 Å². The van der Waals surface area contributed by atoms with Crippen LogP contribution < -0.4 is 10.2 Å². The molecule has 1 aromatic rings. The molecular weight excluding hydrogens is 222 g/mol. The third-order valence-corrected chi connectivity index (χ3v) is 3.66. The zero-order valence-electron chi connectivity index (χ0n) is 12.0. The lowest BCUT2D eigenvalue weighted by Gasteiger charge is -2.19. The molecule has 0 aromatic carbocycles. The Labute approximate surface area is 111 Å². The second kappa shape index (κ2) is 5.70. The molecule has 1 aliphatic rings. The van der Waals surface area contributed by atoms with E-state index < -0.39 is 0 Å². The lowest BCUT2D eigenvalue weighted by Crippen LogP contribution is -2.24. The van der Waals surface area contributed by atoms with E-state index in [4.69, 9.17) is 4.98 Å². The van der Waals surface area contributed by atoms with Crippen LogP contribution in [0, 0.1) is 11.8 Å². The number of pyridine rings is 1. The SMILES string of the molecule is CC(C)NCc1cccc(N(C)CC2CC2C)n1. The van der Waals surface area contributed by atoms with Crippen molar-refractivity contribution in [3.8, 4) is 0 Å². The molecule has 1 saturated carbocycles. The lowest BCUT2D eigenvalue weighted by atomic mass is 10.3. The summed E-state index contributed by atoms with van der Waals surface area (Å²) in [5, 5.41) is 3.41. The Morgan fingerprint density at radius 1 is 1.44 bits per heavy atom. The molecule has 1 N–H and O–H groups in total. The maximum absolute atomic E-state index is 4.71. The normalized spacial score (nSPS) is 22.3. The standard InChI is InChI=1S/C15H25N3/c1-11(2)16-9-14-6-5-7-15(17-14)18(4)10-13-8-12(13)3/h5-7,11-13,16H,8-10H2,1-4H3. The van der Waals surface area contributed by atoms with Gasteiger partial charge in [0.2, 0.25) is 0 Å². The van der Waals surface area contributed by atoms with Crippen LogP contribution in [-0.2, 0) is 6.54 Å².